The van der Waals surface area contributed by atoms with Crippen molar-refractivity contribution >= 4 is 34.7 Å². The lowest BCUT2D eigenvalue weighted by Gasteiger charge is -2.25. The summed E-state index contributed by atoms with van der Waals surface area (Å²) in [7, 11) is -4.35. The van der Waals surface area contributed by atoms with Gasteiger partial charge in [0.15, 0.2) is 0 Å². The third-order valence-corrected chi connectivity index (χ3v) is 7.33. The molecule has 0 fully saturated rings. The van der Waals surface area contributed by atoms with E-state index in [1.165, 1.54) is 11.3 Å². The Morgan fingerprint density at radius 2 is 1.75 bits per heavy atom. The molecule has 0 saturated heterocycles. The molecule has 0 nitrogen and oxygen atoms in total. The zero-order valence-corrected chi connectivity index (χ0v) is 11.4. The first-order chi connectivity index (χ1) is 7.32. The summed E-state index contributed by atoms with van der Waals surface area (Å²) in [6, 6.07) is 9.23. The smallest absolute Gasteiger partial charge is 0.263 e. The molecule has 86 valence electrons. The van der Waals surface area contributed by atoms with E-state index in [1.54, 1.807) is 26.8 Å². The first kappa shape index (κ1) is 11.7. The van der Waals surface area contributed by atoms with Crippen molar-refractivity contribution in [3.05, 3.63) is 30.3 Å². The summed E-state index contributed by atoms with van der Waals surface area (Å²) in [6.07, 6.45) is 0. The van der Waals surface area contributed by atoms with Gasteiger partial charge in [0.05, 0.1) is 4.50 Å². The van der Waals surface area contributed by atoms with Crippen LogP contribution in [0.3, 0.4) is 0 Å². The van der Waals surface area contributed by atoms with E-state index in [-0.39, 0.29) is 0 Å². The highest BCUT2D eigenvalue weighted by Crippen LogP contribution is 2.39. The minimum atomic E-state index is -4.35. The van der Waals surface area contributed by atoms with Crippen molar-refractivity contribution < 1.29 is 8.22 Å². The van der Waals surface area contributed by atoms with Crippen molar-refractivity contribution in [3.63, 3.8) is 0 Å². The van der Waals surface area contributed by atoms with Gasteiger partial charge in [-0.2, -0.15) is 0 Å². The topological polar surface area (TPSA) is 0 Å². The molecule has 2 aromatic rings. The van der Waals surface area contributed by atoms with Gasteiger partial charge in [-0.3, -0.25) is 8.22 Å². The Morgan fingerprint density at radius 1 is 1.12 bits per heavy atom. The molecule has 0 aliphatic heterocycles. The van der Waals surface area contributed by atoms with Crippen molar-refractivity contribution in [1.82, 2.24) is 0 Å². The van der Waals surface area contributed by atoms with Gasteiger partial charge in [0.1, 0.15) is 0 Å². The van der Waals surface area contributed by atoms with Crippen molar-refractivity contribution in [1.29, 1.82) is 0 Å². The Labute approximate surface area is 99.3 Å². The second kappa shape index (κ2) is 3.63. The Hall–Kier alpha value is -0.743. The zero-order chi connectivity index (χ0) is 12.0. The average molecular weight is 256 g/mol. The van der Waals surface area contributed by atoms with Gasteiger partial charge >= 0.3 is 8.74 Å². The van der Waals surface area contributed by atoms with E-state index in [0.29, 0.717) is 4.50 Å². The molecule has 2 rings (SSSR count). The van der Waals surface area contributed by atoms with Crippen LogP contribution in [0.4, 0.5) is 8.22 Å². The van der Waals surface area contributed by atoms with Gasteiger partial charge in [-0.15, -0.1) is 11.3 Å². The lowest BCUT2D eigenvalue weighted by atomic mass is 10.2. The molecular weight excluding hydrogens is 242 g/mol. The standard InChI is InChI=1S/C12H14F2SSi/c1-12(2,3)16(13,14)11-8-9-6-4-5-7-10(9)15-11/h4-8H,1-3H3. The van der Waals surface area contributed by atoms with E-state index in [2.05, 4.69) is 0 Å². The first-order valence-electron chi connectivity index (χ1n) is 5.19. The Morgan fingerprint density at radius 3 is 2.31 bits per heavy atom. The van der Waals surface area contributed by atoms with Gasteiger partial charge in [-0.05, 0) is 17.5 Å². The fourth-order valence-corrected chi connectivity index (χ4v) is 5.16. The van der Waals surface area contributed by atoms with Gasteiger partial charge in [0.2, 0.25) is 0 Å². The number of hydrogen-bond acceptors (Lipinski definition) is 1. The molecule has 1 aromatic heterocycles. The third-order valence-electron chi connectivity index (χ3n) is 2.68. The summed E-state index contributed by atoms with van der Waals surface area (Å²) in [4.78, 5) is 0. The molecule has 0 unspecified atom stereocenters. The first-order valence-corrected chi connectivity index (χ1v) is 7.76. The van der Waals surface area contributed by atoms with Gasteiger partial charge in [0, 0.05) is 9.74 Å². The lowest BCUT2D eigenvalue weighted by Crippen LogP contribution is -2.45. The molecule has 16 heavy (non-hydrogen) atoms. The maximum atomic E-state index is 14.3. The second-order valence-corrected chi connectivity index (χ2v) is 9.61. The second-order valence-electron chi connectivity index (χ2n) is 4.97. The van der Waals surface area contributed by atoms with Crippen LogP contribution in [0.2, 0.25) is 5.04 Å². The summed E-state index contributed by atoms with van der Waals surface area (Å²) in [5, 5.41) is 0.0207. The van der Waals surface area contributed by atoms with Crippen LogP contribution in [-0.2, 0) is 0 Å². The van der Waals surface area contributed by atoms with Crippen molar-refractivity contribution in [2.24, 2.45) is 0 Å². The lowest BCUT2D eigenvalue weighted by molar-refractivity contribution is 0.521. The van der Waals surface area contributed by atoms with Crippen LogP contribution in [-0.4, -0.2) is 8.74 Å². The molecule has 0 aliphatic carbocycles. The SMILES string of the molecule is CC(C)(C)[Si](F)(F)c1cc2ccccc2s1. The quantitative estimate of drug-likeness (QED) is 0.527. The summed E-state index contributed by atoms with van der Waals surface area (Å²) in [5.74, 6) is 0. The number of benzene rings is 1. The summed E-state index contributed by atoms with van der Waals surface area (Å²) in [5.41, 5.74) is 0. The van der Waals surface area contributed by atoms with Crippen LogP contribution in [0.15, 0.2) is 30.3 Å². The van der Waals surface area contributed by atoms with Gasteiger partial charge in [0.25, 0.3) is 0 Å². The molecule has 1 heterocycles. The number of halogens is 2. The Kier molecular flexibility index (Phi) is 2.67. The van der Waals surface area contributed by atoms with Crippen LogP contribution in [0.1, 0.15) is 20.8 Å². The van der Waals surface area contributed by atoms with Gasteiger partial charge in [-0.25, -0.2) is 0 Å². The van der Waals surface area contributed by atoms with Crippen molar-refractivity contribution in [3.8, 4) is 0 Å². The molecule has 0 atom stereocenters. The minimum absolute atomic E-state index is 0.293. The van der Waals surface area contributed by atoms with E-state index < -0.39 is 13.8 Å². The van der Waals surface area contributed by atoms with Gasteiger partial charge < -0.3 is 0 Å². The molecule has 0 amide bonds. The molecule has 4 heteroatoms. The van der Waals surface area contributed by atoms with E-state index in [4.69, 9.17) is 0 Å². The Balaban J connectivity index is 2.56. The fraction of sp³-hybridized carbons (Fsp3) is 0.333. The molecule has 0 radical (unpaired) electrons. The zero-order valence-electron chi connectivity index (χ0n) is 9.55. The number of thiophene rings is 1. The molecule has 0 saturated carbocycles. The van der Waals surface area contributed by atoms with Crippen LogP contribution >= 0.6 is 11.3 Å². The van der Waals surface area contributed by atoms with E-state index in [1.807, 2.05) is 24.3 Å². The highest BCUT2D eigenvalue weighted by molar-refractivity contribution is 7.30. The van der Waals surface area contributed by atoms with Gasteiger partial charge in [-0.1, -0.05) is 39.0 Å². The van der Waals surface area contributed by atoms with Crippen molar-refractivity contribution in [2.45, 2.75) is 25.8 Å². The summed E-state index contributed by atoms with van der Waals surface area (Å²) >= 11 is 1.24. The van der Waals surface area contributed by atoms with Crippen LogP contribution in [0.5, 0.6) is 0 Å². The monoisotopic (exact) mass is 256 g/mol. The van der Waals surface area contributed by atoms with E-state index in [0.717, 1.165) is 10.1 Å². The number of hydrogen-bond donors (Lipinski definition) is 0. The average Bonchev–Trinajstić information content (AvgIpc) is 2.59. The van der Waals surface area contributed by atoms with Crippen LogP contribution in [0, 0.1) is 0 Å². The highest BCUT2D eigenvalue weighted by atomic mass is 32.1. The molecule has 0 N–H and O–H groups in total. The van der Waals surface area contributed by atoms with E-state index in [9.17, 15) is 8.22 Å². The maximum absolute atomic E-state index is 14.3. The third kappa shape index (κ3) is 1.80. The largest absolute Gasteiger partial charge is 0.470 e. The summed E-state index contributed by atoms with van der Waals surface area (Å²) < 4.78 is 29.7. The molecule has 0 spiro atoms. The minimum Gasteiger partial charge on any atom is -0.263 e. The van der Waals surface area contributed by atoms with Crippen LogP contribution in [0.25, 0.3) is 10.1 Å². The van der Waals surface area contributed by atoms with Crippen molar-refractivity contribution in [2.75, 3.05) is 0 Å². The maximum Gasteiger partial charge on any atom is 0.470 e. The van der Waals surface area contributed by atoms with E-state index >= 15 is 0 Å². The van der Waals surface area contributed by atoms with Crippen LogP contribution < -0.4 is 4.50 Å². The normalized spacial score (nSPS) is 13.3. The molecular formula is C12H14F2SSi. The highest BCUT2D eigenvalue weighted by Gasteiger charge is 2.51. The molecule has 1 aromatic carbocycles. The predicted molar refractivity (Wildman–Crippen MR) is 69.1 cm³/mol. The Bertz CT molecular complexity index is 478. The fourth-order valence-electron chi connectivity index (χ4n) is 1.51. The summed E-state index contributed by atoms with van der Waals surface area (Å²) in [6.45, 7) is 4.89. The predicted octanol–water partition coefficient (Wildman–Crippen LogP) is 4.29. The molecule has 0 bridgehead atoms. The molecule has 0 aliphatic rings. The number of rotatable bonds is 1. The number of fused-ring (bicyclic) bond motifs is 1.